The summed E-state index contributed by atoms with van der Waals surface area (Å²) in [5.74, 6) is -2.63. The molecule has 1 saturated carbocycles. The van der Waals surface area contributed by atoms with Crippen molar-refractivity contribution in [2.24, 2.45) is 5.73 Å². The first-order valence-electron chi connectivity index (χ1n) is 12.6. The molecule has 0 heterocycles. The van der Waals surface area contributed by atoms with Gasteiger partial charge in [-0.2, -0.15) is 0 Å². The van der Waals surface area contributed by atoms with E-state index in [-0.39, 0.29) is 37.5 Å². The highest BCUT2D eigenvalue weighted by Gasteiger charge is 2.31. The second-order valence-corrected chi connectivity index (χ2v) is 9.29. The maximum absolute atomic E-state index is 12.6. The van der Waals surface area contributed by atoms with Gasteiger partial charge in [0.1, 0.15) is 24.8 Å². The second kappa shape index (κ2) is 14.9. The molecule has 1 aliphatic rings. The third-order valence-corrected chi connectivity index (χ3v) is 6.13. The Hall–Kier alpha value is -3.47. The van der Waals surface area contributed by atoms with Gasteiger partial charge in [0.2, 0.25) is 23.6 Å². The van der Waals surface area contributed by atoms with E-state index in [1.54, 1.807) is 6.92 Å². The van der Waals surface area contributed by atoms with Crippen LogP contribution in [0.1, 0.15) is 64.9 Å². The Morgan fingerprint density at radius 2 is 1.68 bits per heavy atom. The van der Waals surface area contributed by atoms with Crippen molar-refractivity contribution in [3.63, 3.8) is 0 Å². The van der Waals surface area contributed by atoms with Crippen LogP contribution in [0.15, 0.2) is 30.3 Å². The van der Waals surface area contributed by atoms with Crippen LogP contribution in [0.2, 0.25) is 0 Å². The topological polar surface area (TPSA) is 166 Å². The van der Waals surface area contributed by atoms with E-state index in [4.69, 9.17) is 15.2 Å². The second-order valence-electron chi connectivity index (χ2n) is 9.29. The Bertz CT molecular complexity index is 940. The summed E-state index contributed by atoms with van der Waals surface area (Å²) >= 11 is 0. The smallest absolute Gasteiger partial charge is 0.306 e. The molecule has 1 aromatic rings. The summed E-state index contributed by atoms with van der Waals surface area (Å²) in [5.41, 5.74) is 6.22. The summed E-state index contributed by atoms with van der Waals surface area (Å²) in [5, 5.41) is 7.91. The van der Waals surface area contributed by atoms with E-state index < -0.39 is 41.9 Å². The van der Waals surface area contributed by atoms with E-state index in [1.807, 2.05) is 30.3 Å². The normalized spacial score (nSPS) is 19.5. The number of esters is 1. The fourth-order valence-corrected chi connectivity index (χ4v) is 4.06. The number of rotatable bonds is 13. The number of benzene rings is 1. The number of hydrogen-bond acceptors (Lipinski definition) is 7. The minimum Gasteiger partial charge on any atom is -0.461 e. The van der Waals surface area contributed by atoms with Gasteiger partial charge in [-0.1, -0.05) is 43.2 Å². The number of hydrogen-bond donors (Lipinski definition) is 4. The lowest BCUT2D eigenvalue weighted by atomic mass is 9.92. The van der Waals surface area contributed by atoms with Crippen LogP contribution in [0.3, 0.4) is 0 Å². The molecule has 1 aliphatic carbocycles. The number of carbonyl (C=O) groups excluding carboxylic acids is 5. The van der Waals surface area contributed by atoms with Gasteiger partial charge in [0.05, 0.1) is 12.1 Å². The molecule has 0 aliphatic heterocycles. The number of nitrogens with one attached hydrogen (secondary N) is 3. The largest absolute Gasteiger partial charge is 0.461 e. The molecule has 4 amide bonds. The fourth-order valence-electron chi connectivity index (χ4n) is 4.06. The van der Waals surface area contributed by atoms with Crippen LogP contribution in [0.25, 0.3) is 0 Å². The molecule has 37 heavy (non-hydrogen) atoms. The minimum absolute atomic E-state index is 0.0406. The molecule has 204 valence electrons. The fraction of sp³-hybridized carbons (Fsp3) is 0.577. The molecule has 1 fully saturated rings. The number of primary amides is 1. The van der Waals surface area contributed by atoms with Gasteiger partial charge in [-0.25, -0.2) is 0 Å². The highest BCUT2D eigenvalue weighted by molar-refractivity contribution is 5.92. The van der Waals surface area contributed by atoms with Gasteiger partial charge in [0, 0.05) is 13.3 Å². The van der Waals surface area contributed by atoms with E-state index in [0.29, 0.717) is 6.42 Å². The molecule has 11 heteroatoms. The van der Waals surface area contributed by atoms with Crippen molar-refractivity contribution in [3.05, 3.63) is 35.9 Å². The van der Waals surface area contributed by atoms with E-state index in [0.717, 1.165) is 24.8 Å². The molecule has 0 aromatic heterocycles. The molecule has 0 spiro atoms. The molecule has 1 aromatic carbocycles. The van der Waals surface area contributed by atoms with Gasteiger partial charge in [0.15, 0.2) is 0 Å². The van der Waals surface area contributed by atoms with Crippen molar-refractivity contribution in [2.45, 2.75) is 96.2 Å². The van der Waals surface area contributed by atoms with Crippen molar-refractivity contribution >= 4 is 29.6 Å². The number of carbonyl (C=O) groups is 5. The molecule has 0 unspecified atom stereocenters. The zero-order valence-corrected chi connectivity index (χ0v) is 21.7. The predicted octanol–water partition coefficient (Wildman–Crippen LogP) is 0.837. The average Bonchev–Trinajstić information content (AvgIpc) is 2.86. The molecule has 5 N–H and O–H groups in total. The van der Waals surface area contributed by atoms with Crippen LogP contribution in [0.5, 0.6) is 0 Å². The average molecular weight is 519 g/mol. The van der Waals surface area contributed by atoms with Crippen molar-refractivity contribution in [1.82, 2.24) is 16.0 Å². The molecule has 2 rings (SSSR count). The molecule has 0 radical (unpaired) electrons. The molecular weight excluding hydrogens is 480 g/mol. The van der Waals surface area contributed by atoms with Crippen LogP contribution in [0.4, 0.5) is 0 Å². The molecular formula is C26H38N4O7. The first-order valence-corrected chi connectivity index (χ1v) is 12.6. The van der Waals surface area contributed by atoms with Crippen molar-refractivity contribution in [1.29, 1.82) is 0 Å². The highest BCUT2D eigenvalue weighted by atomic mass is 16.5. The van der Waals surface area contributed by atoms with Crippen molar-refractivity contribution < 1.29 is 33.4 Å². The predicted molar refractivity (Wildman–Crippen MR) is 135 cm³/mol. The summed E-state index contributed by atoms with van der Waals surface area (Å²) in [7, 11) is 0. The quantitative estimate of drug-likeness (QED) is 0.281. The summed E-state index contributed by atoms with van der Waals surface area (Å²) in [4.78, 5) is 60.6. The Balaban J connectivity index is 1.80. The Labute approximate surface area is 217 Å². The Morgan fingerprint density at radius 3 is 2.32 bits per heavy atom. The van der Waals surface area contributed by atoms with Crippen LogP contribution in [-0.4, -0.2) is 59.9 Å². The highest BCUT2D eigenvalue weighted by Crippen LogP contribution is 2.22. The summed E-state index contributed by atoms with van der Waals surface area (Å²) in [6.07, 6.45) is 2.06. The first kappa shape index (κ1) is 29.8. The Morgan fingerprint density at radius 1 is 1.00 bits per heavy atom. The van der Waals surface area contributed by atoms with Gasteiger partial charge in [-0.15, -0.1) is 0 Å². The van der Waals surface area contributed by atoms with E-state index in [2.05, 4.69) is 16.0 Å². The zero-order chi connectivity index (χ0) is 27.4. The third-order valence-electron chi connectivity index (χ3n) is 6.13. The summed E-state index contributed by atoms with van der Waals surface area (Å²) < 4.78 is 11.1. The lowest BCUT2D eigenvalue weighted by Gasteiger charge is -2.33. The van der Waals surface area contributed by atoms with E-state index in [9.17, 15) is 24.0 Å². The summed E-state index contributed by atoms with van der Waals surface area (Å²) in [6.45, 7) is 4.58. The minimum atomic E-state index is -1.11. The van der Waals surface area contributed by atoms with Crippen LogP contribution in [-0.2, 0) is 40.1 Å². The summed E-state index contributed by atoms with van der Waals surface area (Å²) in [6, 6.07) is 6.88. The van der Waals surface area contributed by atoms with Gasteiger partial charge in [0.25, 0.3) is 0 Å². The maximum Gasteiger partial charge on any atom is 0.306 e. The number of amides is 4. The first-order chi connectivity index (χ1) is 17.6. The van der Waals surface area contributed by atoms with Gasteiger partial charge < -0.3 is 31.2 Å². The van der Waals surface area contributed by atoms with Gasteiger partial charge in [-0.3, -0.25) is 24.0 Å². The Kier molecular flexibility index (Phi) is 12.0. The molecule has 11 nitrogen and oxygen atoms in total. The van der Waals surface area contributed by atoms with Gasteiger partial charge >= 0.3 is 5.97 Å². The maximum atomic E-state index is 12.6. The van der Waals surface area contributed by atoms with Crippen molar-refractivity contribution in [2.75, 3.05) is 0 Å². The van der Waals surface area contributed by atoms with Crippen molar-refractivity contribution in [3.8, 4) is 0 Å². The SMILES string of the molecule is CC(=O)N[C@@H]1CCCC[C@H]1O[C@H](C)C(=O)N[C@@H](C)C(=O)N[C@H](CCC(=O)OCc1ccccc1)C(N)=O. The van der Waals surface area contributed by atoms with Crippen LogP contribution in [0, 0.1) is 0 Å². The lowest BCUT2D eigenvalue weighted by Crippen LogP contribution is -2.54. The van der Waals surface area contributed by atoms with Crippen LogP contribution < -0.4 is 21.7 Å². The molecule has 0 saturated heterocycles. The van der Waals surface area contributed by atoms with E-state index in [1.165, 1.54) is 13.8 Å². The van der Waals surface area contributed by atoms with E-state index >= 15 is 0 Å². The number of nitrogens with two attached hydrogens (primary N) is 1. The zero-order valence-electron chi connectivity index (χ0n) is 21.7. The van der Waals surface area contributed by atoms with Crippen LogP contribution >= 0.6 is 0 Å². The monoisotopic (exact) mass is 518 g/mol. The molecule has 5 atom stereocenters. The molecule has 0 bridgehead atoms. The lowest BCUT2D eigenvalue weighted by molar-refractivity contribution is -0.145. The van der Waals surface area contributed by atoms with Gasteiger partial charge in [-0.05, 0) is 38.7 Å². The third kappa shape index (κ3) is 10.6. The number of ether oxygens (including phenoxy) is 2. The standard InChI is InChI=1S/C26H38N4O7/c1-16(28-26(35)17(2)37-22-12-8-7-11-20(22)29-18(3)31)25(34)30-21(24(27)33)13-14-23(32)36-15-19-9-5-4-6-10-19/h4-6,9-10,16-17,20-22H,7-8,11-15H2,1-3H3,(H2,27,33)(H,28,35)(H,29,31)(H,30,34)/t16-,17+,20+,21+,22+/m0/s1.